The number of aryl methyl sites for hydroxylation is 1. The van der Waals surface area contributed by atoms with Crippen LogP contribution in [0.3, 0.4) is 0 Å². The molecule has 6 heteroatoms. The third-order valence-electron chi connectivity index (χ3n) is 4.03. The molecule has 0 radical (unpaired) electrons. The van der Waals surface area contributed by atoms with Crippen LogP contribution in [0.2, 0.25) is 0 Å². The van der Waals surface area contributed by atoms with Crippen LogP contribution in [0.1, 0.15) is 17.0 Å². The first-order chi connectivity index (χ1) is 11.6. The molecule has 2 heterocycles. The van der Waals surface area contributed by atoms with Crippen LogP contribution in [-0.2, 0) is 11.3 Å². The van der Waals surface area contributed by atoms with Gasteiger partial charge in [0.15, 0.2) is 0 Å². The maximum absolute atomic E-state index is 12.9. The lowest BCUT2D eigenvalue weighted by atomic mass is 10.2. The standard InChI is InChI=1S/C18H20FN3O2/c1-14-12-17(20-24-14)13-21-8-10-22(11-9-21)18(23)7-4-15-2-5-16(19)6-3-15/h2-7,12H,8-11,13H2,1H3/b7-4+. The minimum Gasteiger partial charge on any atom is -0.361 e. The molecule has 0 spiro atoms. The minimum absolute atomic E-state index is 0.0174. The fourth-order valence-corrected chi connectivity index (χ4v) is 2.69. The van der Waals surface area contributed by atoms with Gasteiger partial charge in [-0.05, 0) is 30.7 Å². The van der Waals surface area contributed by atoms with E-state index < -0.39 is 0 Å². The largest absolute Gasteiger partial charge is 0.361 e. The van der Waals surface area contributed by atoms with Gasteiger partial charge in [0, 0.05) is 44.9 Å². The van der Waals surface area contributed by atoms with Gasteiger partial charge >= 0.3 is 0 Å². The van der Waals surface area contributed by atoms with Crippen LogP contribution in [0.15, 0.2) is 40.9 Å². The smallest absolute Gasteiger partial charge is 0.246 e. The van der Waals surface area contributed by atoms with Crippen molar-refractivity contribution in [2.45, 2.75) is 13.5 Å². The normalized spacial score (nSPS) is 16.0. The van der Waals surface area contributed by atoms with Crippen LogP contribution < -0.4 is 0 Å². The molecule has 3 rings (SSSR count). The molecule has 2 aromatic rings. The zero-order valence-electron chi connectivity index (χ0n) is 13.6. The van der Waals surface area contributed by atoms with Gasteiger partial charge < -0.3 is 9.42 Å². The molecular weight excluding hydrogens is 309 g/mol. The number of benzene rings is 1. The third-order valence-corrected chi connectivity index (χ3v) is 4.03. The Morgan fingerprint density at radius 3 is 2.58 bits per heavy atom. The maximum atomic E-state index is 12.9. The van der Waals surface area contributed by atoms with E-state index in [0.29, 0.717) is 13.1 Å². The SMILES string of the molecule is Cc1cc(CN2CCN(C(=O)/C=C/c3ccc(F)cc3)CC2)no1. The average molecular weight is 329 g/mol. The lowest BCUT2D eigenvalue weighted by Crippen LogP contribution is -2.47. The van der Waals surface area contributed by atoms with Gasteiger partial charge in [-0.25, -0.2) is 4.39 Å². The highest BCUT2D eigenvalue weighted by Crippen LogP contribution is 2.10. The summed E-state index contributed by atoms with van der Waals surface area (Å²) in [6.07, 6.45) is 3.26. The van der Waals surface area contributed by atoms with Crippen molar-refractivity contribution < 1.29 is 13.7 Å². The van der Waals surface area contributed by atoms with Gasteiger partial charge in [0.05, 0.1) is 5.69 Å². The highest BCUT2D eigenvalue weighted by molar-refractivity contribution is 5.91. The van der Waals surface area contributed by atoms with Crippen LogP contribution in [0.5, 0.6) is 0 Å². The number of piperazine rings is 1. The summed E-state index contributed by atoms with van der Waals surface area (Å²) >= 11 is 0. The number of hydrogen-bond donors (Lipinski definition) is 0. The van der Waals surface area contributed by atoms with Crippen LogP contribution in [0, 0.1) is 12.7 Å². The van der Waals surface area contributed by atoms with Gasteiger partial charge in [0.25, 0.3) is 0 Å². The molecule has 1 saturated heterocycles. The van der Waals surface area contributed by atoms with E-state index in [4.69, 9.17) is 4.52 Å². The molecule has 1 aromatic heterocycles. The predicted molar refractivity (Wildman–Crippen MR) is 88.5 cm³/mol. The maximum Gasteiger partial charge on any atom is 0.246 e. The second-order valence-electron chi connectivity index (χ2n) is 5.92. The molecule has 0 bridgehead atoms. The van der Waals surface area contributed by atoms with E-state index >= 15 is 0 Å². The van der Waals surface area contributed by atoms with Gasteiger partial charge in [-0.2, -0.15) is 0 Å². The Morgan fingerprint density at radius 2 is 1.96 bits per heavy atom. The first-order valence-electron chi connectivity index (χ1n) is 7.97. The zero-order valence-corrected chi connectivity index (χ0v) is 13.6. The molecule has 0 atom stereocenters. The molecule has 1 aromatic carbocycles. The number of hydrogen-bond acceptors (Lipinski definition) is 4. The van der Waals surface area contributed by atoms with E-state index in [2.05, 4.69) is 10.1 Å². The van der Waals surface area contributed by atoms with E-state index in [1.807, 2.05) is 17.9 Å². The molecular formula is C18H20FN3O2. The topological polar surface area (TPSA) is 49.6 Å². The molecule has 0 N–H and O–H groups in total. The van der Waals surface area contributed by atoms with Crippen molar-refractivity contribution in [1.82, 2.24) is 15.0 Å². The monoisotopic (exact) mass is 329 g/mol. The summed E-state index contributed by atoms with van der Waals surface area (Å²) in [4.78, 5) is 16.3. The van der Waals surface area contributed by atoms with Crippen molar-refractivity contribution in [2.24, 2.45) is 0 Å². The highest BCUT2D eigenvalue weighted by Gasteiger charge is 2.20. The van der Waals surface area contributed by atoms with Crippen molar-refractivity contribution >= 4 is 12.0 Å². The van der Waals surface area contributed by atoms with Gasteiger partial charge in [-0.15, -0.1) is 0 Å². The summed E-state index contributed by atoms with van der Waals surface area (Å²) in [7, 11) is 0. The van der Waals surface area contributed by atoms with Gasteiger partial charge in [-0.3, -0.25) is 9.69 Å². The van der Waals surface area contributed by atoms with Crippen LogP contribution >= 0.6 is 0 Å². The first kappa shape index (κ1) is 16.4. The molecule has 5 nitrogen and oxygen atoms in total. The summed E-state index contributed by atoms with van der Waals surface area (Å²) in [6.45, 7) is 5.60. The zero-order chi connectivity index (χ0) is 16.9. The molecule has 0 unspecified atom stereocenters. The molecule has 0 saturated carbocycles. The molecule has 1 aliphatic rings. The number of amides is 1. The fourth-order valence-electron chi connectivity index (χ4n) is 2.69. The van der Waals surface area contributed by atoms with Crippen LogP contribution in [0.25, 0.3) is 6.08 Å². The highest BCUT2D eigenvalue weighted by atomic mass is 19.1. The van der Waals surface area contributed by atoms with E-state index in [1.165, 1.54) is 12.1 Å². The summed E-state index contributed by atoms with van der Waals surface area (Å²) < 4.78 is 17.9. The molecule has 1 amide bonds. The first-order valence-corrected chi connectivity index (χ1v) is 7.97. The molecule has 0 aliphatic carbocycles. The number of halogens is 1. The number of rotatable bonds is 4. The van der Waals surface area contributed by atoms with Crippen molar-refractivity contribution in [3.8, 4) is 0 Å². The summed E-state index contributed by atoms with van der Waals surface area (Å²) in [5.41, 5.74) is 1.73. The Hall–Kier alpha value is -2.47. The second-order valence-corrected chi connectivity index (χ2v) is 5.92. The Balaban J connectivity index is 1.48. The van der Waals surface area contributed by atoms with E-state index in [1.54, 1.807) is 24.3 Å². The summed E-state index contributed by atoms with van der Waals surface area (Å²) in [6, 6.07) is 8.00. The van der Waals surface area contributed by atoms with Crippen LogP contribution in [0.4, 0.5) is 4.39 Å². The lowest BCUT2D eigenvalue weighted by Gasteiger charge is -2.33. The summed E-state index contributed by atoms with van der Waals surface area (Å²) in [5.74, 6) is 0.512. The van der Waals surface area contributed by atoms with Crippen LogP contribution in [-0.4, -0.2) is 47.0 Å². The predicted octanol–water partition coefficient (Wildman–Crippen LogP) is 2.48. The van der Waals surface area contributed by atoms with E-state index in [9.17, 15) is 9.18 Å². The average Bonchev–Trinajstić information content (AvgIpc) is 2.99. The van der Waals surface area contributed by atoms with Gasteiger partial charge in [0.2, 0.25) is 5.91 Å². The van der Waals surface area contributed by atoms with Gasteiger partial charge in [-0.1, -0.05) is 17.3 Å². The number of nitrogens with zero attached hydrogens (tertiary/aromatic N) is 3. The van der Waals surface area contributed by atoms with Gasteiger partial charge in [0.1, 0.15) is 11.6 Å². The van der Waals surface area contributed by atoms with Crippen molar-refractivity contribution in [3.63, 3.8) is 0 Å². The molecule has 126 valence electrons. The van der Waals surface area contributed by atoms with Crippen molar-refractivity contribution in [3.05, 3.63) is 59.2 Å². The van der Waals surface area contributed by atoms with Crippen molar-refractivity contribution in [2.75, 3.05) is 26.2 Å². The molecule has 1 fully saturated rings. The van der Waals surface area contributed by atoms with E-state index in [-0.39, 0.29) is 11.7 Å². The Bertz CT molecular complexity index is 716. The van der Waals surface area contributed by atoms with E-state index in [0.717, 1.165) is 36.7 Å². The Labute approximate surface area is 140 Å². The lowest BCUT2D eigenvalue weighted by molar-refractivity contribution is -0.127. The Morgan fingerprint density at radius 1 is 1.25 bits per heavy atom. The summed E-state index contributed by atoms with van der Waals surface area (Å²) in [5, 5.41) is 4.00. The third kappa shape index (κ3) is 4.29. The molecule has 24 heavy (non-hydrogen) atoms. The quantitative estimate of drug-likeness (QED) is 0.809. The Kier molecular flexibility index (Phi) is 5.05. The molecule has 1 aliphatic heterocycles. The minimum atomic E-state index is -0.281. The van der Waals surface area contributed by atoms with Crippen molar-refractivity contribution in [1.29, 1.82) is 0 Å². The number of aromatic nitrogens is 1. The number of carbonyl (C=O) groups excluding carboxylic acids is 1. The number of carbonyl (C=O) groups is 1. The fraction of sp³-hybridized carbons (Fsp3) is 0.333. The second kappa shape index (κ2) is 7.40.